The summed E-state index contributed by atoms with van der Waals surface area (Å²) >= 11 is 0. The highest BCUT2D eigenvalue weighted by Crippen LogP contribution is 2.57. The summed E-state index contributed by atoms with van der Waals surface area (Å²) in [5.41, 5.74) is 4.54. The molecule has 184 valence electrons. The van der Waals surface area contributed by atoms with Crippen LogP contribution in [0.5, 0.6) is 0 Å². The SMILES string of the molecule is C=C1/C(=C\C=C2/CCCC3(C)C([C@H](C)CCS(=O)(=O)c4ccccc4)=CCC23)CC(O)CC1O. The second-order valence-electron chi connectivity index (χ2n) is 10.6. The Labute approximate surface area is 204 Å². The number of benzene rings is 1. The molecule has 5 atom stereocenters. The Morgan fingerprint density at radius 2 is 1.94 bits per heavy atom. The molecule has 2 fully saturated rings. The van der Waals surface area contributed by atoms with Crippen LogP contribution in [0, 0.1) is 17.3 Å². The fourth-order valence-corrected chi connectivity index (χ4v) is 7.79. The molecule has 5 heteroatoms. The summed E-state index contributed by atoms with van der Waals surface area (Å²) in [4.78, 5) is 0.405. The first kappa shape index (κ1) is 25.2. The molecule has 4 unspecified atom stereocenters. The van der Waals surface area contributed by atoms with Crippen LogP contribution in [0.1, 0.15) is 58.8 Å². The first-order valence-corrected chi connectivity index (χ1v) is 14.2. The van der Waals surface area contributed by atoms with Crippen LogP contribution in [0.3, 0.4) is 0 Å². The quantitative estimate of drug-likeness (QED) is 0.522. The van der Waals surface area contributed by atoms with Gasteiger partial charge in [0.05, 0.1) is 22.9 Å². The second kappa shape index (κ2) is 9.96. The highest BCUT2D eigenvalue weighted by molar-refractivity contribution is 7.91. The molecule has 0 spiro atoms. The Balaban J connectivity index is 1.47. The molecule has 3 aliphatic rings. The van der Waals surface area contributed by atoms with E-state index in [1.54, 1.807) is 24.3 Å². The molecule has 4 rings (SSSR count). The third kappa shape index (κ3) is 5.02. The summed E-state index contributed by atoms with van der Waals surface area (Å²) in [7, 11) is -3.28. The molecule has 3 aliphatic carbocycles. The van der Waals surface area contributed by atoms with Crippen LogP contribution in [-0.2, 0) is 9.84 Å². The number of sulfone groups is 1. The van der Waals surface area contributed by atoms with E-state index in [2.05, 4.69) is 38.7 Å². The maximum absolute atomic E-state index is 12.8. The van der Waals surface area contributed by atoms with Gasteiger partial charge in [0.25, 0.3) is 0 Å². The topological polar surface area (TPSA) is 74.6 Å². The maximum atomic E-state index is 12.8. The zero-order chi connectivity index (χ0) is 24.5. The third-order valence-electron chi connectivity index (χ3n) is 8.33. The molecule has 1 aromatic carbocycles. The molecule has 34 heavy (non-hydrogen) atoms. The Morgan fingerprint density at radius 1 is 1.21 bits per heavy atom. The van der Waals surface area contributed by atoms with E-state index >= 15 is 0 Å². The summed E-state index contributed by atoms with van der Waals surface area (Å²) in [5.74, 6) is 0.806. The van der Waals surface area contributed by atoms with Crippen molar-refractivity contribution < 1.29 is 18.6 Å². The van der Waals surface area contributed by atoms with E-state index in [1.807, 2.05) is 6.07 Å². The summed E-state index contributed by atoms with van der Waals surface area (Å²) in [6, 6.07) is 8.74. The molecule has 0 saturated heterocycles. The Kier molecular flexibility index (Phi) is 7.37. The van der Waals surface area contributed by atoms with E-state index in [1.165, 1.54) is 11.1 Å². The van der Waals surface area contributed by atoms with Crippen LogP contribution in [0.25, 0.3) is 0 Å². The smallest absolute Gasteiger partial charge is 0.178 e. The van der Waals surface area contributed by atoms with Crippen molar-refractivity contribution in [3.05, 3.63) is 77.4 Å². The van der Waals surface area contributed by atoms with Gasteiger partial charge in [-0.3, -0.25) is 0 Å². The summed E-state index contributed by atoms with van der Waals surface area (Å²) in [5, 5.41) is 20.2. The van der Waals surface area contributed by atoms with Gasteiger partial charge in [-0.25, -0.2) is 8.42 Å². The number of aliphatic hydroxyl groups excluding tert-OH is 2. The lowest BCUT2D eigenvalue weighted by Crippen LogP contribution is -2.33. The normalized spacial score (nSPS) is 33.1. The lowest BCUT2D eigenvalue weighted by Gasteiger charge is -2.42. The number of hydrogen-bond donors (Lipinski definition) is 2. The fourth-order valence-electron chi connectivity index (χ4n) is 6.31. The van der Waals surface area contributed by atoms with Crippen LogP contribution in [0.2, 0.25) is 0 Å². The predicted molar refractivity (Wildman–Crippen MR) is 137 cm³/mol. The van der Waals surface area contributed by atoms with Gasteiger partial charge in [-0.2, -0.15) is 0 Å². The fraction of sp³-hybridized carbons (Fsp3) is 0.517. The Hall–Kier alpha value is -1.95. The van der Waals surface area contributed by atoms with Crippen molar-refractivity contribution in [3.63, 3.8) is 0 Å². The Bertz CT molecular complexity index is 1110. The van der Waals surface area contributed by atoms with Gasteiger partial charge >= 0.3 is 0 Å². The average molecular weight is 483 g/mol. The monoisotopic (exact) mass is 482 g/mol. The molecule has 2 N–H and O–H groups in total. The van der Waals surface area contributed by atoms with Crippen LogP contribution < -0.4 is 0 Å². The van der Waals surface area contributed by atoms with Gasteiger partial charge in [-0.15, -0.1) is 0 Å². The van der Waals surface area contributed by atoms with Crippen LogP contribution in [0.4, 0.5) is 0 Å². The van der Waals surface area contributed by atoms with Crippen molar-refractivity contribution in [2.75, 3.05) is 5.75 Å². The second-order valence-corrected chi connectivity index (χ2v) is 12.7. The largest absolute Gasteiger partial charge is 0.393 e. The van der Waals surface area contributed by atoms with Crippen molar-refractivity contribution >= 4 is 9.84 Å². The van der Waals surface area contributed by atoms with Crippen LogP contribution in [-0.4, -0.2) is 36.6 Å². The molecule has 4 nitrogen and oxygen atoms in total. The minimum atomic E-state index is -3.28. The number of fused-ring (bicyclic) bond motifs is 1. The lowest BCUT2D eigenvalue weighted by molar-refractivity contribution is 0.0862. The van der Waals surface area contributed by atoms with E-state index in [-0.39, 0.29) is 17.1 Å². The Morgan fingerprint density at radius 3 is 2.68 bits per heavy atom. The van der Waals surface area contributed by atoms with Crippen molar-refractivity contribution in [2.24, 2.45) is 17.3 Å². The summed E-state index contributed by atoms with van der Waals surface area (Å²) in [6.45, 7) is 8.56. The standard InChI is InChI=1S/C29H38O4S/c1-20(15-17-34(32,33)25-9-5-4-6-10-25)26-13-14-27-22(8-7-16-29(26,27)3)11-12-23-18-24(30)19-28(31)21(23)2/h4-6,9-13,20,24,27-28,30-31H,2,7-8,14-19H2,1,3H3/b22-11+,23-12-/t20-,24?,27?,28?,29?/m1/s1. The predicted octanol–water partition coefficient (Wildman–Crippen LogP) is 5.55. The average Bonchev–Trinajstić information content (AvgIpc) is 3.17. The molecular weight excluding hydrogens is 444 g/mol. The first-order valence-electron chi connectivity index (χ1n) is 12.5. The van der Waals surface area contributed by atoms with Gasteiger partial charge in [0.1, 0.15) is 0 Å². The molecule has 0 heterocycles. The van der Waals surface area contributed by atoms with E-state index < -0.39 is 22.0 Å². The molecule has 0 radical (unpaired) electrons. The van der Waals surface area contributed by atoms with E-state index in [0.717, 1.165) is 36.8 Å². The lowest BCUT2D eigenvalue weighted by atomic mass is 9.62. The third-order valence-corrected chi connectivity index (χ3v) is 10.1. The van der Waals surface area contributed by atoms with E-state index in [4.69, 9.17) is 0 Å². The minimum Gasteiger partial charge on any atom is -0.393 e. The van der Waals surface area contributed by atoms with Gasteiger partial charge in [0.2, 0.25) is 0 Å². The first-order chi connectivity index (χ1) is 16.1. The van der Waals surface area contributed by atoms with Crippen LogP contribution in [0.15, 0.2) is 82.3 Å². The van der Waals surface area contributed by atoms with Gasteiger partial charge in [0.15, 0.2) is 9.84 Å². The van der Waals surface area contributed by atoms with E-state index in [0.29, 0.717) is 30.1 Å². The molecule has 0 aliphatic heterocycles. The van der Waals surface area contributed by atoms with Crippen molar-refractivity contribution in [1.29, 1.82) is 0 Å². The summed E-state index contributed by atoms with van der Waals surface area (Å²) in [6.07, 6.45) is 11.2. The highest BCUT2D eigenvalue weighted by Gasteiger charge is 2.46. The van der Waals surface area contributed by atoms with Crippen molar-refractivity contribution in [3.8, 4) is 0 Å². The molecule has 0 bridgehead atoms. The zero-order valence-electron chi connectivity index (χ0n) is 20.4. The van der Waals surface area contributed by atoms with Gasteiger partial charge in [-0.05, 0) is 79.1 Å². The minimum absolute atomic E-state index is 0.0567. The number of rotatable bonds is 6. The number of allylic oxidation sites excluding steroid dienone is 5. The van der Waals surface area contributed by atoms with Crippen molar-refractivity contribution in [2.45, 2.75) is 75.9 Å². The molecular formula is C29H38O4S. The molecule has 2 saturated carbocycles. The molecule has 0 aromatic heterocycles. The molecule has 0 amide bonds. The van der Waals surface area contributed by atoms with Gasteiger partial charge in [-0.1, -0.05) is 68.0 Å². The zero-order valence-corrected chi connectivity index (χ0v) is 21.2. The van der Waals surface area contributed by atoms with Crippen molar-refractivity contribution in [1.82, 2.24) is 0 Å². The molecule has 1 aromatic rings. The maximum Gasteiger partial charge on any atom is 0.178 e. The van der Waals surface area contributed by atoms with Crippen LogP contribution >= 0.6 is 0 Å². The highest BCUT2D eigenvalue weighted by atomic mass is 32.2. The number of hydrogen-bond acceptors (Lipinski definition) is 4. The van der Waals surface area contributed by atoms with Gasteiger partial charge < -0.3 is 10.2 Å². The van der Waals surface area contributed by atoms with E-state index in [9.17, 15) is 18.6 Å². The number of aliphatic hydroxyl groups is 2. The van der Waals surface area contributed by atoms with Gasteiger partial charge in [0, 0.05) is 6.42 Å². The summed E-state index contributed by atoms with van der Waals surface area (Å²) < 4.78 is 25.6.